The number of carbonyl (C=O) groups is 2. The summed E-state index contributed by atoms with van der Waals surface area (Å²) < 4.78 is 17.5. The third-order valence-corrected chi connectivity index (χ3v) is 7.34. The number of carbonyl (C=O) groups excluding carboxylic acids is 2. The van der Waals surface area contributed by atoms with Gasteiger partial charge in [-0.25, -0.2) is 0 Å². The molecular formula is C27H32BrNO5. The van der Waals surface area contributed by atoms with Gasteiger partial charge in [0.1, 0.15) is 6.61 Å². The van der Waals surface area contributed by atoms with E-state index in [1.165, 1.54) is 0 Å². The predicted octanol–water partition coefficient (Wildman–Crippen LogP) is 5.47. The van der Waals surface area contributed by atoms with Gasteiger partial charge in [-0.05, 0) is 65.7 Å². The number of ether oxygens (including phenoxy) is 3. The van der Waals surface area contributed by atoms with Crippen LogP contribution in [0.15, 0.2) is 51.8 Å². The Hall–Kier alpha value is -2.38. The van der Waals surface area contributed by atoms with Gasteiger partial charge in [0.15, 0.2) is 23.1 Å². The van der Waals surface area contributed by atoms with E-state index in [2.05, 4.69) is 27.4 Å². The summed E-state index contributed by atoms with van der Waals surface area (Å²) in [6, 6.07) is 3.87. The summed E-state index contributed by atoms with van der Waals surface area (Å²) in [6.45, 7) is 5.45. The topological polar surface area (TPSA) is 65.1 Å². The van der Waals surface area contributed by atoms with E-state index in [1.807, 2.05) is 12.1 Å². The van der Waals surface area contributed by atoms with Crippen molar-refractivity contribution >= 4 is 27.5 Å². The first-order valence-corrected chi connectivity index (χ1v) is 12.7. The summed E-state index contributed by atoms with van der Waals surface area (Å²) in [6.07, 6.45) is 6.89. The molecule has 7 heteroatoms. The smallest absolute Gasteiger partial charge is 0.175 e. The van der Waals surface area contributed by atoms with E-state index < -0.39 is 0 Å². The summed E-state index contributed by atoms with van der Waals surface area (Å²) in [5, 5.41) is 0. The van der Waals surface area contributed by atoms with Crippen LogP contribution in [0.2, 0.25) is 0 Å². The van der Waals surface area contributed by atoms with Crippen molar-refractivity contribution in [1.82, 2.24) is 4.90 Å². The first-order valence-electron chi connectivity index (χ1n) is 11.9. The standard InChI is InChI=1S/C27H32BrNO5/c1-4-13-34-27-18(28)15-17(16-23(27)33-3)24-25-19(8-5-10-21(25)30)29(12-7-14-32-2)20-9-6-11-22(31)26(20)24/h4,15-16,24H,1,5-14H2,2-3H3. The Kier molecular flexibility index (Phi) is 7.94. The molecule has 0 fully saturated rings. The maximum absolute atomic E-state index is 13.4. The number of ketones is 2. The molecule has 0 unspecified atom stereocenters. The molecule has 2 aliphatic carbocycles. The first-order chi connectivity index (χ1) is 16.5. The highest BCUT2D eigenvalue weighted by Gasteiger charge is 2.43. The molecule has 34 heavy (non-hydrogen) atoms. The fourth-order valence-electron chi connectivity index (χ4n) is 5.38. The number of benzene rings is 1. The average molecular weight is 530 g/mol. The van der Waals surface area contributed by atoms with Crippen LogP contribution >= 0.6 is 15.9 Å². The lowest BCUT2D eigenvalue weighted by Gasteiger charge is -2.44. The minimum absolute atomic E-state index is 0.134. The largest absolute Gasteiger partial charge is 0.493 e. The van der Waals surface area contributed by atoms with Gasteiger partial charge in [0.2, 0.25) is 0 Å². The van der Waals surface area contributed by atoms with E-state index in [-0.39, 0.29) is 17.5 Å². The van der Waals surface area contributed by atoms with Crippen molar-refractivity contribution in [1.29, 1.82) is 0 Å². The summed E-state index contributed by atoms with van der Waals surface area (Å²) in [4.78, 5) is 29.1. The lowest BCUT2D eigenvalue weighted by Crippen LogP contribution is -2.39. The summed E-state index contributed by atoms with van der Waals surface area (Å²) >= 11 is 3.63. The third kappa shape index (κ3) is 4.60. The van der Waals surface area contributed by atoms with Crippen molar-refractivity contribution in [3.8, 4) is 11.5 Å². The Labute approximate surface area is 209 Å². The Balaban J connectivity index is 1.88. The molecule has 6 nitrogen and oxygen atoms in total. The Morgan fingerprint density at radius 3 is 2.26 bits per heavy atom. The van der Waals surface area contributed by atoms with Crippen molar-refractivity contribution in [2.75, 3.05) is 34.0 Å². The van der Waals surface area contributed by atoms with Crippen LogP contribution in [-0.2, 0) is 14.3 Å². The third-order valence-electron chi connectivity index (χ3n) is 6.75. The Bertz CT molecular complexity index is 1010. The van der Waals surface area contributed by atoms with Gasteiger partial charge in [0.05, 0.1) is 11.6 Å². The molecular weight excluding hydrogens is 498 g/mol. The number of Topliss-reactive ketones (excluding diaryl/α,β-unsaturated/α-hetero) is 2. The molecule has 0 saturated carbocycles. The fraction of sp³-hybridized carbons (Fsp3) is 0.481. The number of rotatable bonds is 9. The van der Waals surface area contributed by atoms with Crippen LogP contribution in [0.5, 0.6) is 11.5 Å². The van der Waals surface area contributed by atoms with E-state index in [1.54, 1.807) is 20.3 Å². The quantitative estimate of drug-likeness (QED) is 0.312. The normalized spacial score (nSPS) is 18.7. The van der Waals surface area contributed by atoms with Crippen molar-refractivity contribution in [2.45, 2.75) is 50.9 Å². The Morgan fingerprint density at radius 2 is 1.71 bits per heavy atom. The zero-order valence-electron chi connectivity index (χ0n) is 20.0. The number of nitrogens with zero attached hydrogens (tertiary/aromatic N) is 1. The van der Waals surface area contributed by atoms with Crippen molar-refractivity contribution in [3.05, 3.63) is 57.4 Å². The van der Waals surface area contributed by atoms with Gasteiger partial charge in [-0.15, -0.1) is 0 Å². The predicted molar refractivity (Wildman–Crippen MR) is 134 cm³/mol. The van der Waals surface area contributed by atoms with E-state index in [0.29, 0.717) is 37.6 Å². The van der Waals surface area contributed by atoms with E-state index in [9.17, 15) is 9.59 Å². The van der Waals surface area contributed by atoms with Gasteiger partial charge >= 0.3 is 0 Å². The molecule has 0 aromatic heterocycles. The number of methoxy groups -OCH3 is 2. The van der Waals surface area contributed by atoms with Crippen molar-refractivity contribution < 1.29 is 23.8 Å². The Morgan fingerprint density at radius 1 is 1.06 bits per heavy atom. The monoisotopic (exact) mass is 529 g/mol. The average Bonchev–Trinajstić information content (AvgIpc) is 2.83. The van der Waals surface area contributed by atoms with E-state index >= 15 is 0 Å². The molecule has 0 atom stereocenters. The van der Waals surface area contributed by atoms with Crippen LogP contribution in [-0.4, -0.2) is 50.4 Å². The molecule has 1 aromatic carbocycles. The highest BCUT2D eigenvalue weighted by atomic mass is 79.9. The number of halogens is 1. The van der Waals surface area contributed by atoms with Gasteiger partial charge < -0.3 is 19.1 Å². The number of hydrogen-bond donors (Lipinski definition) is 0. The molecule has 0 radical (unpaired) electrons. The lowest BCUT2D eigenvalue weighted by molar-refractivity contribution is -0.117. The molecule has 0 bridgehead atoms. The van der Waals surface area contributed by atoms with E-state index in [0.717, 1.165) is 71.2 Å². The zero-order chi connectivity index (χ0) is 24.2. The minimum Gasteiger partial charge on any atom is -0.493 e. The molecule has 0 saturated heterocycles. The molecule has 0 amide bonds. The molecule has 1 aliphatic heterocycles. The maximum atomic E-state index is 13.4. The molecule has 1 aromatic rings. The molecule has 0 N–H and O–H groups in total. The van der Waals surface area contributed by atoms with E-state index in [4.69, 9.17) is 14.2 Å². The summed E-state index contributed by atoms with van der Waals surface area (Å²) in [5.41, 5.74) is 4.57. The maximum Gasteiger partial charge on any atom is 0.175 e. The van der Waals surface area contributed by atoms with Gasteiger partial charge in [0.25, 0.3) is 0 Å². The van der Waals surface area contributed by atoms with Gasteiger partial charge in [-0.3, -0.25) is 9.59 Å². The second-order valence-corrected chi connectivity index (χ2v) is 9.69. The fourth-order valence-corrected chi connectivity index (χ4v) is 5.95. The van der Waals surface area contributed by atoms with Gasteiger partial charge in [-0.1, -0.05) is 12.7 Å². The number of allylic oxidation sites excluding steroid dienone is 4. The molecule has 4 rings (SSSR count). The van der Waals surface area contributed by atoms with Crippen LogP contribution in [0.4, 0.5) is 0 Å². The van der Waals surface area contributed by atoms with Crippen LogP contribution in [0.25, 0.3) is 0 Å². The van der Waals surface area contributed by atoms with Crippen molar-refractivity contribution in [3.63, 3.8) is 0 Å². The molecule has 182 valence electrons. The van der Waals surface area contributed by atoms with Crippen LogP contribution in [0.1, 0.15) is 56.4 Å². The summed E-state index contributed by atoms with van der Waals surface area (Å²) in [7, 11) is 3.29. The van der Waals surface area contributed by atoms with Crippen LogP contribution in [0.3, 0.4) is 0 Å². The zero-order valence-corrected chi connectivity index (χ0v) is 21.5. The molecule has 1 heterocycles. The highest BCUT2D eigenvalue weighted by molar-refractivity contribution is 9.10. The molecule has 3 aliphatic rings. The number of hydrogen-bond acceptors (Lipinski definition) is 6. The molecule has 0 spiro atoms. The summed E-state index contributed by atoms with van der Waals surface area (Å²) in [5.74, 6) is 1.02. The van der Waals surface area contributed by atoms with Crippen molar-refractivity contribution in [2.24, 2.45) is 0 Å². The second-order valence-electron chi connectivity index (χ2n) is 8.84. The lowest BCUT2D eigenvalue weighted by atomic mass is 9.71. The minimum atomic E-state index is -0.386. The van der Waals surface area contributed by atoms with Crippen LogP contribution < -0.4 is 9.47 Å². The second kappa shape index (κ2) is 10.9. The van der Waals surface area contributed by atoms with Crippen LogP contribution in [0, 0.1) is 0 Å². The van der Waals surface area contributed by atoms with Gasteiger partial charge in [-0.2, -0.15) is 0 Å². The highest BCUT2D eigenvalue weighted by Crippen LogP contribution is 2.51. The first kappa shape index (κ1) is 24.7. The van der Waals surface area contributed by atoms with Gasteiger partial charge in [0, 0.05) is 61.6 Å². The SMILES string of the molecule is C=CCOc1c(Br)cc(C2C3=C(CCCC3=O)N(CCCOC)C3=C2C(=O)CCC3)cc1OC.